The van der Waals surface area contributed by atoms with Gasteiger partial charge in [-0.2, -0.15) is 0 Å². The molecule has 2 heterocycles. The van der Waals surface area contributed by atoms with Crippen molar-refractivity contribution in [2.75, 3.05) is 0 Å². The van der Waals surface area contributed by atoms with Crippen LogP contribution in [-0.2, 0) is 36.8 Å². The standard InChI is InChI=1S/C34H36N4O6/c1-33(2,3)44-32(43)36-27(18-24-20-35-26-12-8-7-11-25(24)26)30(41)37-34(4,31(42)38-28(39)15-16-29(38)40)19-21-13-14-22-9-5-6-10-23(22)17-21/h5-14,17,20,27,35H,15-16,18-19H2,1-4H3,(H,36,43)(H,37,41)/t27-,34-/m0/s1. The SMILES string of the molecule is CC(C)(C)OC(=O)N[C@@H](Cc1c[nH]c2ccccc12)C(=O)N[C@@](C)(Cc1ccc2ccccc2c1)C(=O)N1C(=O)CCC1=O. The molecule has 44 heavy (non-hydrogen) atoms. The lowest BCUT2D eigenvalue weighted by Gasteiger charge is -2.34. The number of fused-ring (bicyclic) bond motifs is 2. The first-order valence-electron chi connectivity index (χ1n) is 14.6. The number of hydrogen-bond acceptors (Lipinski definition) is 6. The van der Waals surface area contributed by atoms with E-state index in [1.165, 1.54) is 6.92 Å². The summed E-state index contributed by atoms with van der Waals surface area (Å²) >= 11 is 0. The van der Waals surface area contributed by atoms with Gasteiger partial charge in [-0.3, -0.25) is 19.2 Å². The number of amides is 5. The molecule has 228 valence electrons. The van der Waals surface area contributed by atoms with E-state index >= 15 is 0 Å². The second-order valence-electron chi connectivity index (χ2n) is 12.4. The van der Waals surface area contributed by atoms with E-state index in [0.717, 1.165) is 27.2 Å². The van der Waals surface area contributed by atoms with Crippen molar-refractivity contribution in [3.63, 3.8) is 0 Å². The van der Waals surface area contributed by atoms with Crippen LogP contribution in [0.4, 0.5) is 4.79 Å². The molecule has 0 saturated carbocycles. The van der Waals surface area contributed by atoms with E-state index < -0.39 is 46.9 Å². The minimum Gasteiger partial charge on any atom is -0.444 e. The topological polar surface area (TPSA) is 138 Å². The van der Waals surface area contributed by atoms with Gasteiger partial charge in [-0.15, -0.1) is 0 Å². The van der Waals surface area contributed by atoms with Crippen LogP contribution in [0.25, 0.3) is 21.7 Å². The third-order valence-electron chi connectivity index (χ3n) is 7.60. The number of aromatic amines is 1. The maximum absolute atomic E-state index is 14.1. The maximum Gasteiger partial charge on any atom is 0.408 e. The first kappa shape index (κ1) is 30.5. The lowest BCUT2D eigenvalue weighted by Crippen LogP contribution is -2.63. The van der Waals surface area contributed by atoms with Gasteiger partial charge in [-0.25, -0.2) is 9.69 Å². The summed E-state index contributed by atoms with van der Waals surface area (Å²) in [6.07, 6.45) is 0.887. The number of H-pyrrole nitrogens is 1. The second-order valence-corrected chi connectivity index (χ2v) is 12.4. The monoisotopic (exact) mass is 596 g/mol. The highest BCUT2D eigenvalue weighted by Crippen LogP contribution is 2.25. The van der Waals surface area contributed by atoms with Crippen LogP contribution in [0.5, 0.6) is 0 Å². The predicted molar refractivity (Wildman–Crippen MR) is 165 cm³/mol. The molecule has 1 aromatic heterocycles. The van der Waals surface area contributed by atoms with Gasteiger partial charge >= 0.3 is 6.09 Å². The van der Waals surface area contributed by atoms with Gasteiger partial charge in [0, 0.05) is 42.8 Å². The minimum absolute atomic E-state index is 0.00822. The van der Waals surface area contributed by atoms with E-state index in [4.69, 9.17) is 4.74 Å². The molecule has 1 fully saturated rings. The van der Waals surface area contributed by atoms with E-state index in [0.29, 0.717) is 10.5 Å². The Labute approximate surface area is 255 Å². The van der Waals surface area contributed by atoms with Gasteiger partial charge in [0.25, 0.3) is 5.91 Å². The fourth-order valence-corrected chi connectivity index (χ4v) is 5.52. The van der Waals surface area contributed by atoms with Gasteiger partial charge in [0.2, 0.25) is 17.7 Å². The van der Waals surface area contributed by atoms with Crippen molar-refractivity contribution in [1.29, 1.82) is 0 Å². The normalized spacial score (nSPS) is 15.7. The van der Waals surface area contributed by atoms with Gasteiger partial charge in [0.05, 0.1) is 0 Å². The summed E-state index contributed by atoms with van der Waals surface area (Å²) < 4.78 is 5.45. The molecular formula is C34H36N4O6. The van der Waals surface area contributed by atoms with Crippen molar-refractivity contribution in [3.05, 3.63) is 84.1 Å². The molecule has 1 aliphatic heterocycles. The maximum atomic E-state index is 14.1. The Morgan fingerprint density at radius 1 is 0.909 bits per heavy atom. The summed E-state index contributed by atoms with van der Waals surface area (Å²) in [6.45, 7) is 6.64. The number of nitrogens with zero attached hydrogens (tertiary/aromatic N) is 1. The molecule has 0 unspecified atom stereocenters. The molecule has 1 saturated heterocycles. The van der Waals surface area contributed by atoms with Gasteiger partial charge in [0.15, 0.2) is 0 Å². The van der Waals surface area contributed by atoms with Crippen LogP contribution in [0.3, 0.4) is 0 Å². The number of para-hydroxylation sites is 1. The molecule has 0 aliphatic carbocycles. The third-order valence-corrected chi connectivity index (χ3v) is 7.60. The Bertz CT molecular complexity index is 1750. The highest BCUT2D eigenvalue weighted by Gasteiger charge is 2.46. The van der Waals surface area contributed by atoms with E-state index in [2.05, 4.69) is 15.6 Å². The zero-order valence-electron chi connectivity index (χ0n) is 25.2. The lowest BCUT2D eigenvalue weighted by molar-refractivity contribution is -0.154. The van der Waals surface area contributed by atoms with Crippen molar-refractivity contribution in [2.24, 2.45) is 0 Å². The quantitative estimate of drug-likeness (QED) is 0.255. The Hall–Kier alpha value is -4.99. The summed E-state index contributed by atoms with van der Waals surface area (Å²) in [4.78, 5) is 70.0. The molecule has 3 aromatic carbocycles. The van der Waals surface area contributed by atoms with Crippen molar-refractivity contribution >= 4 is 51.4 Å². The average molecular weight is 597 g/mol. The fourth-order valence-electron chi connectivity index (χ4n) is 5.52. The van der Waals surface area contributed by atoms with Gasteiger partial charge < -0.3 is 20.4 Å². The van der Waals surface area contributed by atoms with E-state index in [1.54, 1.807) is 27.0 Å². The van der Waals surface area contributed by atoms with Gasteiger partial charge in [-0.1, -0.05) is 60.7 Å². The number of alkyl carbamates (subject to hydrolysis) is 1. The Morgan fingerprint density at radius 3 is 2.27 bits per heavy atom. The number of likely N-dealkylation sites (tertiary alicyclic amines) is 1. The van der Waals surface area contributed by atoms with Crippen LogP contribution < -0.4 is 10.6 Å². The molecule has 4 aromatic rings. The van der Waals surface area contributed by atoms with Crippen LogP contribution >= 0.6 is 0 Å². The summed E-state index contributed by atoms with van der Waals surface area (Å²) in [5, 5.41) is 8.30. The van der Waals surface area contributed by atoms with E-state index in [9.17, 15) is 24.0 Å². The zero-order chi connectivity index (χ0) is 31.6. The molecule has 1 aliphatic rings. The number of carbonyl (C=O) groups is 5. The Balaban J connectivity index is 1.49. The van der Waals surface area contributed by atoms with Crippen molar-refractivity contribution in [3.8, 4) is 0 Å². The van der Waals surface area contributed by atoms with Gasteiger partial charge in [-0.05, 0) is 55.7 Å². The molecule has 0 spiro atoms. The molecule has 3 N–H and O–H groups in total. The lowest BCUT2D eigenvalue weighted by atomic mass is 9.89. The van der Waals surface area contributed by atoms with Crippen molar-refractivity contribution < 1.29 is 28.7 Å². The van der Waals surface area contributed by atoms with Crippen molar-refractivity contribution in [2.45, 2.75) is 70.6 Å². The summed E-state index contributed by atoms with van der Waals surface area (Å²) in [5.41, 5.74) is -0.176. The van der Waals surface area contributed by atoms with E-state index in [1.807, 2.05) is 66.7 Å². The number of ether oxygens (including phenoxy) is 1. The number of nitrogens with one attached hydrogen (secondary N) is 3. The molecule has 5 amide bonds. The largest absolute Gasteiger partial charge is 0.444 e. The second kappa shape index (κ2) is 11.9. The molecule has 10 heteroatoms. The first-order valence-corrected chi connectivity index (χ1v) is 14.6. The smallest absolute Gasteiger partial charge is 0.408 e. The van der Waals surface area contributed by atoms with Crippen LogP contribution in [0, 0.1) is 0 Å². The number of rotatable bonds is 8. The molecular weight excluding hydrogens is 560 g/mol. The van der Waals surface area contributed by atoms with Crippen molar-refractivity contribution in [1.82, 2.24) is 20.5 Å². The number of imide groups is 3. The minimum atomic E-state index is -1.71. The fraction of sp³-hybridized carbons (Fsp3) is 0.324. The number of carbonyl (C=O) groups excluding carboxylic acids is 5. The van der Waals surface area contributed by atoms with E-state index in [-0.39, 0.29) is 25.7 Å². The summed E-state index contributed by atoms with van der Waals surface area (Å²) in [6, 6.07) is 19.8. The zero-order valence-corrected chi connectivity index (χ0v) is 25.2. The van der Waals surface area contributed by atoms with Crippen LogP contribution in [0.2, 0.25) is 0 Å². The molecule has 2 atom stereocenters. The van der Waals surface area contributed by atoms with Gasteiger partial charge in [0.1, 0.15) is 17.2 Å². The molecule has 0 bridgehead atoms. The number of aromatic nitrogens is 1. The molecule has 0 radical (unpaired) electrons. The highest BCUT2D eigenvalue weighted by atomic mass is 16.6. The van der Waals surface area contributed by atoms with Crippen LogP contribution in [0.15, 0.2) is 72.9 Å². The predicted octanol–water partition coefficient (Wildman–Crippen LogP) is 4.55. The third kappa shape index (κ3) is 6.64. The van der Waals surface area contributed by atoms with Crippen LogP contribution in [-0.4, -0.2) is 56.8 Å². The molecule has 10 nitrogen and oxygen atoms in total. The summed E-state index contributed by atoms with van der Waals surface area (Å²) in [5.74, 6) is -2.71. The summed E-state index contributed by atoms with van der Waals surface area (Å²) in [7, 11) is 0. The van der Waals surface area contributed by atoms with Crippen LogP contribution in [0.1, 0.15) is 51.7 Å². The Kier molecular flexibility index (Phi) is 8.27. The number of benzene rings is 3. The first-order chi connectivity index (χ1) is 20.8. The number of hydrogen-bond donors (Lipinski definition) is 3. The highest BCUT2D eigenvalue weighted by molar-refractivity contribution is 6.17. The average Bonchev–Trinajstić information content (AvgIpc) is 3.52. The molecule has 5 rings (SSSR count). The Morgan fingerprint density at radius 2 is 1.57 bits per heavy atom.